The summed E-state index contributed by atoms with van der Waals surface area (Å²) < 4.78 is 5.35. The zero-order chi connectivity index (χ0) is 23.2. The first-order chi connectivity index (χ1) is 16.0. The molecule has 0 bridgehead atoms. The standard InChI is InChI=1S/C24H26N4O5/c29-15-22(24(32)26-19-3-4-21-17(12-19)2-1-5-25-21)27-23(31)18-10-16(11-20(30)13-18)14-28-6-8-33-9-7-28/h1-5,10-13,22,29-30H,6-9,14-15H2,(H,26,32)(H,27,31). The molecule has 1 aromatic heterocycles. The van der Waals surface area contributed by atoms with Crippen molar-refractivity contribution in [3.05, 3.63) is 65.9 Å². The van der Waals surface area contributed by atoms with E-state index >= 15 is 0 Å². The van der Waals surface area contributed by atoms with Crippen LogP contribution in [0, 0.1) is 0 Å². The number of ether oxygens (including phenoxy) is 1. The third-order valence-corrected chi connectivity index (χ3v) is 5.42. The van der Waals surface area contributed by atoms with E-state index in [1.54, 1.807) is 42.6 Å². The van der Waals surface area contributed by atoms with Crippen LogP contribution >= 0.6 is 0 Å². The highest BCUT2D eigenvalue weighted by Crippen LogP contribution is 2.19. The van der Waals surface area contributed by atoms with Crippen LogP contribution in [0.1, 0.15) is 15.9 Å². The summed E-state index contributed by atoms with van der Waals surface area (Å²) in [5.41, 5.74) is 2.30. The van der Waals surface area contributed by atoms with Gasteiger partial charge in [0.25, 0.3) is 5.91 Å². The molecule has 4 rings (SSSR count). The van der Waals surface area contributed by atoms with E-state index in [-0.39, 0.29) is 11.3 Å². The van der Waals surface area contributed by atoms with Crippen molar-refractivity contribution in [2.45, 2.75) is 12.6 Å². The highest BCUT2D eigenvalue weighted by Gasteiger charge is 2.22. The van der Waals surface area contributed by atoms with E-state index in [1.807, 2.05) is 6.07 Å². The molecule has 2 heterocycles. The molecule has 9 nitrogen and oxygen atoms in total. The smallest absolute Gasteiger partial charge is 0.252 e. The number of anilines is 1. The number of carbonyl (C=O) groups excluding carboxylic acids is 2. The Balaban J connectivity index is 1.42. The van der Waals surface area contributed by atoms with Crippen LogP contribution in [0.25, 0.3) is 10.9 Å². The summed E-state index contributed by atoms with van der Waals surface area (Å²) >= 11 is 0. The molecule has 1 saturated heterocycles. The second kappa shape index (κ2) is 10.4. The number of aromatic hydroxyl groups is 1. The average Bonchev–Trinajstić information content (AvgIpc) is 2.82. The van der Waals surface area contributed by atoms with Gasteiger partial charge in [-0.15, -0.1) is 0 Å². The molecule has 1 aliphatic heterocycles. The van der Waals surface area contributed by atoms with Gasteiger partial charge < -0.3 is 25.6 Å². The zero-order valence-corrected chi connectivity index (χ0v) is 18.0. The molecule has 1 aliphatic rings. The Morgan fingerprint density at radius 1 is 1.12 bits per heavy atom. The van der Waals surface area contributed by atoms with E-state index in [9.17, 15) is 19.8 Å². The average molecular weight is 450 g/mol. The number of pyridine rings is 1. The molecule has 2 aromatic carbocycles. The molecule has 172 valence electrons. The number of phenolic OH excluding ortho intramolecular Hbond substituents is 1. The SMILES string of the molecule is O=C(NC(CO)C(=O)Nc1ccc2ncccc2c1)c1cc(O)cc(CN2CCOCC2)c1. The number of amides is 2. The number of phenols is 1. The van der Waals surface area contributed by atoms with Gasteiger partial charge >= 0.3 is 0 Å². The van der Waals surface area contributed by atoms with Crippen molar-refractivity contribution < 1.29 is 24.5 Å². The molecule has 2 amide bonds. The molecule has 1 atom stereocenters. The summed E-state index contributed by atoms with van der Waals surface area (Å²) in [4.78, 5) is 31.9. The molecular formula is C24H26N4O5. The molecule has 33 heavy (non-hydrogen) atoms. The Hall–Kier alpha value is -3.53. The van der Waals surface area contributed by atoms with Gasteiger partial charge in [-0.05, 0) is 48.0 Å². The highest BCUT2D eigenvalue weighted by atomic mass is 16.5. The summed E-state index contributed by atoms with van der Waals surface area (Å²) in [5, 5.41) is 25.9. The maximum atomic E-state index is 12.8. The van der Waals surface area contributed by atoms with Gasteiger partial charge in [0.2, 0.25) is 5.91 Å². The van der Waals surface area contributed by atoms with Crippen LogP contribution in [-0.2, 0) is 16.1 Å². The lowest BCUT2D eigenvalue weighted by atomic mass is 10.1. The first-order valence-electron chi connectivity index (χ1n) is 10.7. The number of rotatable bonds is 7. The van der Waals surface area contributed by atoms with E-state index in [0.717, 1.165) is 29.6 Å². The van der Waals surface area contributed by atoms with Gasteiger partial charge in [0.1, 0.15) is 11.8 Å². The van der Waals surface area contributed by atoms with Crippen molar-refractivity contribution in [2.75, 3.05) is 38.2 Å². The number of fused-ring (bicyclic) bond motifs is 1. The Bertz CT molecular complexity index is 1150. The number of aliphatic hydroxyl groups excluding tert-OH is 1. The van der Waals surface area contributed by atoms with Gasteiger partial charge in [0.05, 0.1) is 25.3 Å². The van der Waals surface area contributed by atoms with Crippen molar-refractivity contribution in [2.24, 2.45) is 0 Å². The summed E-state index contributed by atoms with van der Waals surface area (Å²) in [5.74, 6) is -1.16. The molecular weight excluding hydrogens is 424 g/mol. The number of carbonyl (C=O) groups is 2. The van der Waals surface area contributed by atoms with Gasteiger partial charge in [-0.25, -0.2) is 0 Å². The van der Waals surface area contributed by atoms with Crippen molar-refractivity contribution in [3.63, 3.8) is 0 Å². The molecule has 3 aromatic rings. The third kappa shape index (κ3) is 5.83. The van der Waals surface area contributed by atoms with Gasteiger partial charge in [0, 0.05) is 42.5 Å². The predicted octanol–water partition coefficient (Wildman–Crippen LogP) is 1.50. The second-order valence-corrected chi connectivity index (χ2v) is 7.89. The van der Waals surface area contributed by atoms with Crippen LogP contribution in [0.2, 0.25) is 0 Å². The number of morpholine rings is 1. The van der Waals surface area contributed by atoms with E-state index in [4.69, 9.17) is 4.74 Å². The minimum absolute atomic E-state index is 0.0410. The lowest BCUT2D eigenvalue weighted by Gasteiger charge is -2.26. The van der Waals surface area contributed by atoms with Crippen LogP contribution < -0.4 is 10.6 Å². The molecule has 4 N–H and O–H groups in total. The van der Waals surface area contributed by atoms with Gasteiger partial charge in [-0.2, -0.15) is 0 Å². The quantitative estimate of drug-likeness (QED) is 0.430. The fourth-order valence-corrected chi connectivity index (χ4v) is 3.73. The predicted molar refractivity (Wildman–Crippen MR) is 123 cm³/mol. The first kappa shape index (κ1) is 22.7. The zero-order valence-electron chi connectivity index (χ0n) is 18.0. The van der Waals surface area contributed by atoms with E-state index in [2.05, 4.69) is 20.5 Å². The van der Waals surface area contributed by atoms with Crippen LogP contribution in [0.5, 0.6) is 5.75 Å². The molecule has 0 saturated carbocycles. The van der Waals surface area contributed by atoms with Gasteiger partial charge in [-0.1, -0.05) is 6.07 Å². The van der Waals surface area contributed by atoms with E-state index < -0.39 is 24.5 Å². The fourth-order valence-electron chi connectivity index (χ4n) is 3.73. The molecule has 1 fully saturated rings. The number of aliphatic hydroxyl groups is 1. The Labute approximate surface area is 191 Å². The number of benzene rings is 2. The normalized spacial score (nSPS) is 15.2. The monoisotopic (exact) mass is 450 g/mol. The van der Waals surface area contributed by atoms with Crippen LogP contribution in [0.15, 0.2) is 54.7 Å². The van der Waals surface area contributed by atoms with Crippen molar-refractivity contribution >= 4 is 28.4 Å². The molecule has 0 spiro atoms. The fraction of sp³-hybridized carbons (Fsp3) is 0.292. The second-order valence-electron chi connectivity index (χ2n) is 7.89. The maximum absolute atomic E-state index is 12.8. The number of aromatic nitrogens is 1. The Morgan fingerprint density at radius 3 is 2.73 bits per heavy atom. The summed E-state index contributed by atoms with van der Waals surface area (Å²) in [6.45, 7) is 2.83. The van der Waals surface area contributed by atoms with Crippen molar-refractivity contribution in [3.8, 4) is 5.75 Å². The van der Waals surface area contributed by atoms with Gasteiger partial charge in [0.15, 0.2) is 0 Å². The number of hydrogen-bond acceptors (Lipinski definition) is 7. The Kier molecular flexibility index (Phi) is 7.13. The van der Waals surface area contributed by atoms with Crippen LogP contribution in [-0.4, -0.2) is 70.9 Å². The van der Waals surface area contributed by atoms with Crippen molar-refractivity contribution in [1.29, 1.82) is 0 Å². The van der Waals surface area contributed by atoms with Crippen molar-refractivity contribution in [1.82, 2.24) is 15.2 Å². The summed E-state index contributed by atoms with van der Waals surface area (Å²) in [6.07, 6.45) is 1.69. The highest BCUT2D eigenvalue weighted by molar-refractivity contribution is 6.02. The minimum atomic E-state index is -1.16. The molecule has 1 unspecified atom stereocenters. The topological polar surface area (TPSA) is 124 Å². The summed E-state index contributed by atoms with van der Waals surface area (Å²) in [6, 6.07) is 12.4. The molecule has 0 aliphatic carbocycles. The summed E-state index contributed by atoms with van der Waals surface area (Å²) in [7, 11) is 0. The van der Waals surface area contributed by atoms with Gasteiger partial charge in [-0.3, -0.25) is 19.5 Å². The maximum Gasteiger partial charge on any atom is 0.252 e. The largest absolute Gasteiger partial charge is 0.508 e. The lowest BCUT2D eigenvalue weighted by molar-refractivity contribution is -0.118. The van der Waals surface area contributed by atoms with Crippen LogP contribution in [0.3, 0.4) is 0 Å². The Morgan fingerprint density at radius 2 is 1.94 bits per heavy atom. The van der Waals surface area contributed by atoms with Crippen LogP contribution in [0.4, 0.5) is 5.69 Å². The number of nitrogens with zero attached hydrogens (tertiary/aromatic N) is 2. The number of hydrogen-bond donors (Lipinski definition) is 4. The lowest BCUT2D eigenvalue weighted by Crippen LogP contribution is -2.46. The van der Waals surface area contributed by atoms with E-state index in [1.165, 1.54) is 6.07 Å². The molecule has 0 radical (unpaired) electrons. The van der Waals surface area contributed by atoms with E-state index in [0.29, 0.717) is 25.4 Å². The minimum Gasteiger partial charge on any atom is -0.508 e. The third-order valence-electron chi connectivity index (χ3n) is 5.42. The first-order valence-corrected chi connectivity index (χ1v) is 10.7. The number of nitrogens with one attached hydrogen (secondary N) is 2. The molecule has 9 heteroatoms.